The Kier molecular flexibility index (Phi) is 2.15. The normalized spacial score (nSPS) is 33.0. The Morgan fingerprint density at radius 3 is 2.75 bits per heavy atom. The van der Waals surface area contributed by atoms with E-state index in [2.05, 4.69) is 5.32 Å². The van der Waals surface area contributed by atoms with Crippen molar-refractivity contribution < 1.29 is 0 Å². The summed E-state index contributed by atoms with van der Waals surface area (Å²) in [6, 6.07) is 0.580. The average Bonchev–Trinajstić information content (AvgIpc) is 2.12. The summed E-state index contributed by atoms with van der Waals surface area (Å²) in [7, 11) is 0. The van der Waals surface area contributed by atoms with Crippen molar-refractivity contribution in [3.05, 3.63) is 0 Å². The first-order valence-electron chi connectivity index (χ1n) is 3.18. The van der Waals surface area contributed by atoms with Gasteiger partial charge in [0.25, 0.3) is 0 Å². The molecule has 1 fully saturated rings. The van der Waals surface area contributed by atoms with E-state index in [-0.39, 0.29) is 0 Å². The maximum Gasteiger partial charge on any atom is 0.0461 e. The van der Waals surface area contributed by atoms with Crippen LogP contribution in [0.5, 0.6) is 0 Å². The number of hydrogen-bond acceptors (Lipinski definition) is 1. The summed E-state index contributed by atoms with van der Waals surface area (Å²) in [5.74, 6) is 0. The highest BCUT2D eigenvalue weighted by Gasteiger charge is 2.17. The molecule has 0 aromatic heterocycles. The van der Waals surface area contributed by atoms with Crippen molar-refractivity contribution in [2.45, 2.75) is 31.2 Å². The van der Waals surface area contributed by atoms with Crippen LogP contribution in [0.25, 0.3) is 0 Å². The van der Waals surface area contributed by atoms with Gasteiger partial charge in [0.2, 0.25) is 0 Å². The monoisotopic (exact) mass is 133 g/mol. The number of alkyl halides is 1. The molecule has 1 nitrogen and oxygen atoms in total. The van der Waals surface area contributed by atoms with Crippen LogP contribution in [0.3, 0.4) is 0 Å². The molecule has 0 saturated carbocycles. The molecule has 1 unspecified atom stereocenters. The third-order valence-electron chi connectivity index (χ3n) is 1.65. The summed E-state index contributed by atoms with van der Waals surface area (Å²) in [5, 5.41) is 3.63. The molecule has 2 heteroatoms. The highest BCUT2D eigenvalue weighted by atomic mass is 35.5. The standard InChI is InChI=1S/C6H12ClN/c1-5(7)6-3-2-4-8-6/h5-6,8H,2-4H2,1H3/t5-,6?/m0/s1. The zero-order valence-corrected chi connectivity index (χ0v) is 5.91. The molecule has 0 aromatic carbocycles. The van der Waals surface area contributed by atoms with Gasteiger partial charge in [0, 0.05) is 11.4 Å². The largest absolute Gasteiger partial charge is 0.313 e. The minimum absolute atomic E-state index is 0.303. The van der Waals surface area contributed by atoms with E-state index in [0.29, 0.717) is 11.4 Å². The molecular weight excluding hydrogens is 122 g/mol. The molecule has 1 N–H and O–H groups in total. The van der Waals surface area contributed by atoms with Gasteiger partial charge in [-0.1, -0.05) is 0 Å². The fourth-order valence-electron chi connectivity index (χ4n) is 1.10. The molecule has 0 spiro atoms. The molecule has 8 heavy (non-hydrogen) atoms. The van der Waals surface area contributed by atoms with Crippen molar-refractivity contribution in [1.82, 2.24) is 5.32 Å². The molecule has 48 valence electrons. The lowest BCUT2D eigenvalue weighted by Crippen LogP contribution is -2.28. The average molecular weight is 134 g/mol. The van der Waals surface area contributed by atoms with Gasteiger partial charge in [-0.05, 0) is 26.3 Å². The highest BCUT2D eigenvalue weighted by molar-refractivity contribution is 6.20. The quantitative estimate of drug-likeness (QED) is 0.533. The summed E-state index contributed by atoms with van der Waals surface area (Å²) in [4.78, 5) is 0. The molecule has 1 heterocycles. The van der Waals surface area contributed by atoms with Crippen LogP contribution >= 0.6 is 11.6 Å². The Morgan fingerprint density at radius 1 is 1.75 bits per heavy atom. The summed E-state index contributed by atoms with van der Waals surface area (Å²) in [6.07, 6.45) is 2.55. The molecule has 0 aliphatic carbocycles. The maximum absolute atomic E-state index is 5.82. The van der Waals surface area contributed by atoms with Gasteiger partial charge in [-0.15, -0.1) is 11.6 Å². The van der Waals surface area contributed by atoms with Crippen LogP contribution in [0.2, 0.25) is 0 Å². The van der Waals surface area contributed by atoms with Gasteiger partial charge in [-0.3, -0.25) is 0 Å². The summed E-state index contributed by atoms with van der Waals surface area (Å²) in [6.45, 7) is 3.20. The molecule has 1 aliphatic rings. The second-order valence-electron chi connectivity index (χ2n) is 2.38. The molecule has 1 saturated heterocycles. The van der Waals surface area contributed by atoms with Crippen molar-refractivity contribution in [2.24, 2.45) is 0 Å². The number of nitrogens with one attached hydrogen (secondary N) is 1. The Balaban J connectivity index is 2.24. The Labute approximate surface area is 55.4 Å². The summed E-state index contributed by atoms with van der Waals surface area (Å²) >= 11 is 5.82. The van der Waals surface area contributed by atoms with Gasteiger partial charge in [0.1, 0.15) is 0 Å². The molecule has 0 aromatic rings. The van der Waals surface area contributed by atoms with Crippen LogP contribution in [-0.4, -0.2) is 18.0 Å². The Morgan fingerprint density at radius 2 is 2.50 bits per heavy atom. The lowest BCUT2D eigenvalue weighted by molar-refractivity contribution is 0.594. The molecule has 0 amide bonds. The third-order valence-corrected chi connectivity index (χ3v) is 1.96. The van der Waals surface area contributed by atoms with E-state index in [1.807, 2.05) is 6.92 Å². The van der Waals surface area contributed by atoms with Gasteiger partial charge >= 0.3 is 0 Å². The zero-order chi connectivity index (χ0) is 5.98. The Bertz CT molecular complexity index is 66.9. The fraction of sp³-hybridized carbons (Fsp3) is 1.00. The van der Waals surface area contributed by atoms with Gasteiger partial charge in [-0.2, -0.15) is 0 Å². The lowest BCUT2D eigenvalue weighted by atomic mass is 10.2. The minimum atomic E-state index is 0.303. The fourth-order valence-corrected chi connectivity index (χ4v) is 1.32. The number of rotatable bonds is 1. The van der Waals surface area contributed by atoms with Gasteiger partial charge in [0.05, 0.1) is 0 Å². The molecule has 2 atom stereocenters. The SMILES string of the molecule is C[C@H](Cl)C1CCCN1. The summed E-state index contributed by atoms with van der Waals surface area (Å²) < 4.78 is 0. The molecular formula is C6H12ClN. The van der Waals surface area contributed by atoms with E-state index < -0.39 is 0 Å². The van der Waals surface area contributed by atoms with E-state index in [9.17, 15) is 0 Å². The van der Waals surface area contributed by atoms with Crippen molar-refractivity contribution in [1.29, 1.82) is 0 Å². The van der Waals surface area contributed by atoms with Crippen molar-refractivity contribution >= 4 is 11.6 Å². The van der Waals surface area contributed by atoms with Crippen molar-refractivity contribution in [3.8, 4) is 0 Å². The number of halogens is 1. The second-order valence-corrected chi connectivity index (χ2v) is 3.07. The highest BCUT2D eigenvalue weighted by Crippen LogP contribution is 2.12. The molecule has 0 radical (unpaired) electrons. The van der Waals surface area contributed by atoms with Crippen LogP contribution < -0.4 is 5.32 Å². The second kappa shape index (κ2) is 2.70. The van der Waals surface area contributed by atoms with Crippen LogP contribution in [0.1, 0.15) is 19.8 Å². The van der Waals surface area contributed by atoms with E-state index in [1.165, 1.54) is 12.8 Å². The van der Waals surface area contributed by atoms with Crippen LogP contribution in [-0.2, 0) is 0 Å². The predicted molar refractivity (Wildman–Crippen MR) is 36.3 cm³/mol. The topological polar surface area (TPSA) is 12.0 Å². The van der Waals surface area contributed by atoms with Crippen LogP contribution in [0.15, 0.2) is 0 Å². The summed E-state index contributed by atoms with van der Waals surface area (Å²) in [5.41, 5.74) is 0. The number of hydrogen-bond donors (Lipinski definition) is 1. The third kappa shape index (κ3) is 1.36. The first-order valence-corrected chi connectivity index (χ1v) is 3.62. The van der Waals surface area contributed by atoms with E-state index in [4.69, 9.17) is 11.6 Å². The maximum atomic E-state index is 5.82. The zero-order valence-electron chi connectivity index (χ0n) is 5.15. The lowest BCUT2D eigenvalue weighted by Gasteiger charge is -2.10. The predicted octanol–water partition coefficient (Wildman–Crippen LogP) is 1.37. The first-order chi connectivity index (χ1) is 3.80. The van der Waals surface area contributed by atoms with Gasteiger partial charge in [0.15, 0.2) is 0 Å². The van der Waals surface area contributed by atoms with Gasteiger partial charge < -0.3 is 5.32 Å². The van der Waals surface area contributed by atoms with Gasteiger partial charge in [-0.25, -0.2) is 0 Å². The first kappa shape index (κ1) is 6.37. The van der Waals surface area contributed by atoms with Crippen LogP contribution in [0, 0.1) is 0 Å². The minimum Gasteiger partial charge on any atom is -0.313 e. The van der Waals surface area contributed by atoms with Crippen molar-refractivity contribution in [3.63, 3.8) is 0 Å². The van der Waals surface area contributed by atoms with Crippen molar-refractivity contribution in [2.75, 3.05) is 6.54 Å². The van der Waals surface area contributed by atoms with E-state index in [1.54, 1.807) is 0 Å². The van der Waals surface area contributed by atoms with Crippen LogP contribution in [0.4, 0.5) is 0 Å². The molecule has 1 rings (SSSR count). The van der Waals surface area contributed by atoms with E-state index >= 15 is 0 Å². The molecule has 1 aliphatic heterocycles. The molecule has 0 bridgehead atoms. The smallest absolute Gasteiger partial charge is 0.0461 e. The Hall–Kier alpha value is 0.250. The van der Waals surface area contributed by atoms with E-state index in [0.717, 1.165) is 6.54 Å².